The number of thiophene rings is 1. The molecule has 2 aromatic rings. The van der Waals surface area contributed by atoms with E-state index in [1.54, 1.807) is 7.11 Å². The molecule has 106 valence electrons. The van der Waals surface area contributed by atoms with E-state index in [4.69, 9.17) is 15.2 Å². The van der Waals surface area contributed by atoms with Gasteiger partial charge >= 0.3 is 0 Å². The molecular formula is C16H19NO2S. The summed E-state index contributed by atoms with van der Waals surface area (Å²) in [5, 5.41) is 0. The zero-order chi connectivity index (χ0) is 14.3. The number of ether oxygens (including phenoxy) is 2. The summed E-state index contributed by atoms with van der Waals surface area (Å²) in [4.78, 5) is 2.62. The Kier molecular flexibility index (Phi) is 3.44. The van der Waals surface area contributed by atoms with Crippen LogP contribution < -0.4 is 15.2 Å². The fourth-order valence-electron chi connectivity index (χ4n) is 2.77. The lowest BCUT2D eigenvalue weighted by Crippen LogP contribution is -2.24. The van der Waals surface area contributed by atoms with Crippen molar-refractivity contribution in [3.8, 4) is 11.5 Å². The maximum absolute atomic E-state index is 6.31. The normalized spacial score (nSPS) is 21.2. The van der Waals surface area contributed by atoms with Crippen LogP contribution in [0.5, 0.6) is 11.5 Å². The first-order valence-corrected chi connectivity index (χ1v) is 7.57. The van der Waals surface area contributed by atoms with Crippen LogP contribution in [0.2, 0.25) is 0 Å². The quantitative estimate of drug-likeness (QED) is 0.912. The zero-order valence-corrected chi connectivity index (χ0v) is 12.8. The van der Waals surface area contributed by atoms with Crippen molar-refractivity contribution < 1.29 is 9.47 Å². The predicted octanol–water partition coefficient (Wildman–Crippen LogP) is 3.90. The van der Waals surface area contributed by atoms with Crippen LogP contribution in [0.4, 0.5) is 0 Å². The molecular weight excluding hydrogens is 270 g/mol. The van der Waals surface area contributed by atoms with E-state index in [2.05, 4.69) is 19.9 Å². The second-order valence-electron chi connectivity index (χ2n) is 5.22. The molecule has 0 spiro atoms. The summed E-state index contributed by atoms with van der Waals surface area (Å²) in [7, 11) is 1.66. The van der Waals surface area contributed by atoms with E-state index >= 15 is 0 Å². The Labute approximate surface area is 123 Å². The Bertz CT molecular complexity index is 635. The molecule has 2 atom stereocenters. The number of benzene rings is 1. The second-order valence-corrected chi connectivity index (χ2v) is 6.68. The molecule has 4 heteroatoms. The molecule has 0 saturated heterocycles. The van der Waals surface area contributed by atoms with Gasteiger partial charge in [0, 0.05) is 39.4 Å². The third-order valence-corrected chi connectivity index (χ3v) is 4.77. The van der Waals surface area contributed by atoms with Crippen LogP contribution >= 0.6 is 11.3 Å². The van der Waals surface area contributed by atoms with Crippen LogP contribution in [0.15, 0.2) is 24.3 Å². The van der Waals surface area contributed by atoms with E-state index in [9.17, 15) is 0 Å². The van der Waals surface area contributed by atoms with Crippen molar-refractivity contribution in [3.05, 3.63) is 45.1 Å². The van der Waals surface area contributed by atoms with Crippen LogP contribution in [-0.4, -0.2) is 7.11 Å². The highest BCUT2D eigenvalue weighted by Crippen LogP contribution is 2.43. The lowest BCUT2D eigenvalue weighted by molar-refractivity contribution is 0.160. The number of hydrogen-bond acceptors (Lipinski definition) is 4. The minimum Gasteiger partial charge on any atom is -0.497 e. The molecule has 1 unspecified atom stereocenters. The van der Waals surface area contributed by atoms with E-state index in [1.165, 1.54) is 15.3 Å². The minimum atomic E-state index is 0.00858. The van der Waals surface area contributed by atoms with E-state index < -0.39 is 0 Å². The highest BCUT2D eigenvalue weighted by Gasteiger charge is 2.29. The molecule has 0 fully saturated rings. The first-order chi connectivity index (χ1) is 9.58. The Morgan fingerprint density at radius 1 is 1.25 bits per heavy atom. The molecule has 1 aliphatic heterocycles. The van der Waals surface area contributed by atoms with E-state index in [0.717, 1.165) is 23.5 Å². The van der Waals surface area contributed by atoms with Gasteiger partial charge in [-0.15, -0.1) is 11.3 Å². The first-order valence-electron chi connectivity index (χ1n) is 6.75. The van der Waals surface area contributed by atoms with E-state index in [-0.39, 0.29) is 12.1 Å². The van der Waals surface area contributed by atoms with Gasteiger partial charge in [0.25, 0.3) is 0 Å². The summed E-state index contributed by atoms with van der Waals surface area (Å²) in [6.45, 7) is 4.27. The lowest BCUT2D eigenvalue weighted by Gasteiger charge is -2.30. The number of methoxy groups -OCH3 is 1. The summed E-state index contributed by atoms with van der Waals surface area (Å²) < 4.78 is 11.4. The zero-order valence-electron chi connectivity index (χ0n) is 12.0. The SMILES string of the molecule is COc1ccc2c(c1)OC(c1cc(C)sc1C)C[C@H]2N. The number of fused-ring (bicyclic) bond motifs is 1. The molecule has 0 aliphatic carbocycles. The van der Waals surface area contributed by atoms with Crippen molar-refractivity contribution in [2.75, 3.05) is 7.11 Å². The van der Waals surface area contributed by atoms with Crippen molar-refractivity contribution in [1.29, 1.82) is 0 Å². The molecule has 3 nitrogen and oxygen atoms in total. The number of hydrogen-bond donors (Lipinski definition) is 1. The smallest absolute Gasteiger partial charge is 0.128 e. The highest BCUT2D eigenvalue weighted by atomic mass is 32.1. The summed E-state index contributed by atoms with van der Waals surface area (Å²) in [5.41, 5.74) is 8.63. The van der Waals surface area contributed by atoms with Gasteiger partial charge in [0.1, 0.15) is 17.6 Å². The standard InChI is InChI=1S/C16H19NO2S/c1-9-6-13(10(2)20-9)16-8-14(17)12-5-4-11(18-3)7-15(12)19-16/h4-7,14,16H,8,17H2,1-3H3/t14-,16?/m1/s1. The molecule has 0 radical (unpaired) electrons. The van der Waals surface area contributed by atoms with Crippen molar-refractivity contribution >= 4 is 11.3 Å². The predicted molar refractivity (Wildman–Crippen MR) is 81.7 cm³/mol. The molecule has 1 aromatic heterocycles. The van der Waals surface area contributed by atoms with Gasteiger partial charge < -0.3 is 15.2 Å². The van der Waals surface area contributed by atoms with Crippen molar-refractivity contribution in [2.45, 2.75) is 32.4 Å². The maximum Gasteiger partial charge on any atom is 0.128 e. The molecule has 1 aliphatic rings. The minimum absolute atomic E-state index is 0.00858. The van der Waals surface area contributed by atoms with Crippen molar-refractivity contribution in [3.63, 3.8) is 0 Å². The topological polar surface area (TPSA) is 44.5 Å². The van der Waals surface area contributed by atoms with Crippen LogP contribution in [0.3, 0.4) is 0 Å². The van der Waals surface area contributed by atoms with Gasteiger partial charge in [-0.2, -0.15) is 0 Å². The van der Waals surface area contributed by atoms with E-state index in [0.29, 0.717) is 0 Å². The molecule has 1 aromatic carbocycles. The molecule has 2 N–H and O–H groups in total. The van der Waals surface area contributed by atoms with Crippen LogP contribution in [0.25, 0.3) is 0 Å². The fraction of sp³-hybridized carbons (Fsp3) is 0.375. The maximum atomic E-state index is 6.31. The van der Waals surface area contributed by atoms with Gasteiger partial charge in [-0.25, -0.2) is 0 Å². The Balaban J connectivity index is 1.96. The van der Waals surface area contributed by atoms with Crippen LogP contribution in [-0.2, 0) is 0 Å². The monoisotopic (exact) mass is 289 g/mol. The molecule has 2 heterocycles. The number of aryl methyl sites for hydroxylation is 2. The molecule has 20 heavy (non-hydrogen) atoms. The summed E-state index contributed by atoms with van der Waals surface area (Å²) in [6, 6.07) is 8.08. The average Bonchev–Trinajstić information content (AvgIpc) is 2.77. The average molecular weight is 289 g/mol. The fourth-order valence-corrected chi connectivity index (χ4v) is 3.75. The Morgan fingerprint density at radius 2 is 2.05 bits per heavy atom. The summed E-state index contributed by atoms with van der Waals surface area (Å²) in [5.74, 6) is 1.64. The number of nitrogens with two attached hydrogens (primary N) is 1. The number of rotatable bonds is 2. The summed E-state index contributed by atoms with van der Waals surface area (Å²) in [6.07, 6.45) is 0.852. The Morgan fingerprint density at radius 3 is 2.70 bits per heavy atom. The third-order valence-electron chi connectivity index (χ3n) is 3.78. The van der Waals surface area contributed by atoms with Gasteiger partial charge in [0.15, 0.2) is 0 Å². The molecule has 0 amide bonds. The largest absolute Gasteiger partial charge is 0.497 e. The summed E-state index contributed by atoms with van der Waals surface area (Å²) >= 11 is 1.81. The van der Waals surface area contributed by atoms with Crippen LogP contribution in [0, 0.1) is 13.8 Å². The van der Waals surface area contributed by atoms with Gasteiger partial charge in [0.2, 0.25) is 0 Å². The van der Waals surface area contributed by atoms with Gasteiger partial charge in [-0.1, -0.05) is 6.07 Å². The van der Waals surface area contributed by atoms with Gasteiger partial charge in [-0.05, 0) is 26.0 Å². The first kappa shape index (κ1) is 13.5. The van der Waals surface area contributed by atoms with Crippen LogP contribution in [0.1, 0.15) is 39.4 Å². The second kappa shape index (κ2) is 5.11. The lowest BCUT2D eigenvalue weighted by atomic mass is 9.93. The van der Waals surface area contributed by atoms with Crippen molar-refractivity contribution in [1.82, 2.24) is 0 Å². The van der Waals surface area contributed by atoms with E-state index in [1.807, 2.05) is 29.5 Å². The highest BCUT2D eigenvalue weighted by molar-refractivity contribution is 7.12. The molecule has 3 rings (SSSR count). The van der Waals surface area contributed by atoms with Gasteiger partial charge in [0.05, 0.1) is 7.11 Å². The molecule has 0 saturated carbocycles. The van der Waals surface area contributed by atoms with Crippen molar-refractivity contribution in [2.24, 2.45) is 5.73 Å². The molecule has 0 bridgehead atoms. The third kappa shape index (κ3) is 2.30. The van der Waals surface area contributed by atoms with Gasteiger partial charge in [-0.3, -0.25) is 0 Å². The Hall–Kier alpha value is -1.52.